The van der Waals surface area contributed by atoms with Crippen molar-refractivity contribution in [3.05, 3.63) is 194 Å². The number of fused-ring (bicyclic) bond motifs is 3. The van der Waals surface area contributed by atoms with Gasteiger partial charge in [0.1, 0.15) is 11.5 Å². The molecule has 5 nitrogen and oxygen atoms in total. The van der Waals surface area contributed by atoms with Crippen LogP contribution in [-0.2, 0) is 0 Å². The number of pyridine rings is 1. The van der Waals surface area contributed by atoms with E-state index in [1.807, 2.05) is 91.0 Å². The predicted octanol–water partition coefficient (Wildman–Crippen LogP) is 12.8. The van der Waals surface area contributed by atoms with Crippen LogP contribution in [0.25, 0.3) is 101 Å². The molecule has 5 heteroatoms. The molecular formula is C50H32N4O. The van der Waals surface area contributed by atoms with E-state index >= 15 is 0 Å². The van der Waals surface area contributed by atoms with Crippen LogP contribution in [-0.4, -0.2) is 19.9 Å². The van der Waals surface area contributed by atoms with Crippen molar-refractivity contribution in [2.45, 2.75) is 0 Å². The molecule has 0 unspecified atom stereocenters. The minimum atomic E-state index is 0.622. The molecule has 0 saturated carbocycles. The summed E-state index contributed by atoms with van der Waals surface area (Å²) in [5.74, 6) is 2.72. The van der Waals surface area contributed by atoms with E-state index in [2.05, 4.69) is 103 Å². The third-order valence-corrected chi connectivity index (χ3v) is 9.94. The fourth-order valence-corrected chi connectivity index (χ4v) is 7.25. The van der Waals surface area contributed by atoms with Crippen LogP contribution in [0.1, 0.15) is 0 Å². The van der Waals surface area contributed by atoms with Gasteiger partial charge in [-0.25, -0.2) is 19.9 Å². The quantitative estimate of drug-likeness (QED) is 0.165. The van der Waals surface area contributed by atoms with Crippen molar-refractivity contribution in [2.75, 3.05) is 0 Å². The maximum absolute atomic E-state index is 6.95. The topological polar surface area (TPSA) is 64.7 Å². The molecule has 0 saturated heterocycles. The average Bonchev–Trinajstić information content (AvgIpc) is 3.69. The van der Waals surface area contributed by atoms with Gasteiger partial charge in [0, 0.05) is 44.2 Å². The molecule has 55 heavy (non-hydrogen) atoms. The maximum atomic E-state index is 6.95. The van der Waals surface area contributed by atoms with Gasteiger partial charge in [-0.05, 0) is 28.8 Å². The van der Waals surface area contributed by atoms with E-state index in [0.717, 1.165) is 83.4 Å². The number of nitrogens with zero attached hydrogens (tertiary/aromatic N) is 4. The van der Waals surface area contributed by atoms with E-state index in [1.54, 1.807) is 0 Å². The summed E-state index contributed by atoms with van der Waals surface area (Å²) >= 11 is 0. The highest BCUT2D eigenvalue weighted by atomic mass is 16.3. The van der Waals surface area contributed by atoms with Crippen molar-refractivity contribution in [1.82, 2.24) is 19.9 Å². The van der Waals surface area contributed by atoms with Gasteiger partial charge in [-0.1, -0.05) is 182 Å². The Morgan fingerprint density at radius 1 is 0.327 bits per heavy atom. The number of hydrogen-bond acceptors (Lipinski definition) is 5. The summed E-state index contributed by atoms with van der Waals surface area (Å²) in [6.45, 7) is 0. The Hall–Kier alpha value is -7.50. The van der Waals surface area contributed by atoms with Crippen molar-refractivity contribution in [3.63, 3.8) is 0 Å². The van der Waals surface area contributed by atoms with Gasteiger partial charge in [-0.2, -0.15) is 0 Å². The zero-order valence-electron chi connectivity index (χ0n) is 29.7. The fourth-order valence-electron chi connectivity index (χ4n) is 7.25. The first-order chi connectivity index (χ1) is 27.3. The molecule has 0 aliphatic carbocycles. The van der Waals surface area contributed by atoms with Crippen LogP contribution in [0, 0.1) is 0 Å². The van der Waals surface area contributed by atoms with E-state index in [9.17, 15) is 0 Å². The molecule has 0 fully saturated rings. The molecular weight excluding hydrogens is 673 g/mol. The first-order valence-corrected chi connectivity index (χ1v) is 18.3. The number of benzene rings is 7. The summed E-state index contributed by atoms with van der Waals surface area (Å²) in [5, 5.41) is 2.07. The highest BCUT2D eigenvalue weighted by Crippen LogP contribution is 2.47. The highest BCUT2D eigenvalue weighted by Gasteiger charge is 2.24. The molecule has 0 N–H and O–H groups in total. The van der Waals surface area contributed by atoms with E-state index < -0.39 is 0 Å². The Morgan fingerprint density at radius 3 is 1.27 bits per heavy atom. The van der Waals surface area contributed by atoms with E-state index in [1.165, 1.54) is 0 Å². The predicted molar refractivity (Wildman–Crippen MR) is 223 cm³/mol. The summed E-state index contributed by atoms with van der Waals surface area (Å²) in [6, 6.07) is 66.2. The fraction of sp³-hybridized carbons (Fsp3) is 0. The van der Waals surface area contributed by atoms with Crippen molar-refractivity contribution >= 4 is 21.9 Å². The van der Waals surface area contributed by atoms with Gasteiger partial charge >= 0.3 is 0 Å². The van der Waals surface area contributed by atoms with Gasteiger partial charge < -0.3 is 4.42 Å². The summed E-state index contributed by atoms with van der Waals surface area (Å²) in [6.07, 6.45) is 0. The lowest BCUT2D eigenvalue weighted by Crippen LogP contribution is -2.00. The van der Waals surface area contributed by atoms with E-state index in [4.69, 9.17) is 24.4 Å². The van der Waals surface area contributed by atoms with Gasteiger partial charge in [0.05, 0.1) is 5.52 Å². The van der Waals surface area contributed by atoms with Crippen LogP contribution in [0.5, 0.6) is 0 Å². The molecule has 0 bridgehead atoms. The molecule has 0 atom stereocenters. The lowest BCUT2D eigenvalue weighted by molar-refractivity contribution is 0.632. The largest absolute Gasteiger partial charge is 0.453 e. The van der Waals surface area contributed by atoms with Gasteiger partial charge in [0.15, 0.2) is 23.1 Å². The maximum Gasteiger partial charge on any atom is 0.164 e. The highest BCUT2D eigenvalue weighted by molar-refractivity contribution is 6.18. The SMILES string of the molecule is c1ccc(-c2nc(-c3ccccc3)nc(-c3ccc(-c4ccc5nc(-c6ccccc6)c6oc(-c7ccccc7)c(-c7ccccc7)c6c5c4)cc3)n2)cc1. The number of furan rings is 1. The molecule has 0 spiro atoms. The molecule has 0 aliphatic rings. The van der Waals surface area contributed by atoms with Crippen molar-refractivity contribution < 1.29 is 4.42 Å². The van der Waals surface area contributed by atoms with Crippen molar-refractivity contribution in [3.8, 4) is 79.0 Å². The van der Waals surface area contributed by atoms with Gasteiger partial charge in [-0.15, -0.1) is 0 Å². The molecule has 0 amide bonds. The lowest BCUT2D eigenvalue weighted by atomic mass is 9.94. The van der Waals surface area contributed by atoms with E-state index in [0.29, 0.717) is 17.5 Å². The molecule has 10 aromatic rings. The normalized spacial score (nSPS) is 11.3. The average molecular weight is 705 g/mol. The molecule has 10 rings (SSSR count). The Bertz CT molecular complexity index is 2870. The summed E-state index contributed by atoms with van der Waals surface area (Å²) in [7, 11) is 0. The van der Waals surface area contributed by atoms with Gasteiger partial charge in [-0.3, -0.25) is 0 Å². The third kappa shape index (κ3) is 6.04. The van der Waals surface area contributed by atoms with Gasteiger partial charge in [0.2, 0.25) is 0 Å². The number of hydrogen-bond donors (Lipinski definition) is 0. The van der Waals surface area contributed by atoms with Crippen molar-refractivity contribution in [1.29, 1.82) is 0 Å². The van der Waals surface area contributed by atoms with Crippen LogP contribution in [0.3, 0.4) is 0 Å². The molecule has 0 aliphatic heterocycles. The smallest absolute Gasteiger partial charge is 0.164 e. The van der Waals surface area contributed by atoms with Crippen molar-refractivity contribution in [2.24, 2.45) is 0 Å². The minimum absolute atomic E-state index is 0.622. The second-order valence-electron chi connectivity index (χ2n) is 13.4. The number of aromatic nitrogens is 4. The first kappa shape index (κ1) is 32.2. The van der Waals surface area contributed by atoms with Crippen LogP contribution < -0.4 is 0 Å². The molecule has 0 radical (unpaired) electrons. The zero-order valence-corrected chi connectivity index (χ0v) is 29.7. The Labute approximate surface area is 318 Å². The number of rotatable bonds is 7. The van der Waals surface area contributed by atoms with Crippen LogP contribution in [0.15, 0.2) is 199 Å². The summed E-state index contributed by atoms with van der Waals surface area (Å²) in [4.78, 5) is 20.0. The van der Waals surface area contributed by atoms with Gasteiger partial charge in [0.25, 0.3) is 0 Å². The van der Waals surface area contributed by atoms with Crippen LogP contribution in [0.2, 0.25) is 0 Å². The zero-order chi connectivity index (χ0) is 36.6. The summed E-state index contributed by atoms with van der Waals surface area (Å²) < 4.78 is 6.95. The third-order valence-electron chi connectivity index (χ3n) is 9.94. The molecule has 258 valence electrons. The molecule has 3 heterocycles. The standard InChI is InChI=1S/C50H32N4O/c1-6-16-34(17-7-1)43-44-41-32-40(30-31-42(41)51-45(35-18-8-2-9-19-35)47(44)55-46(43)36-20-10-3-11-21-36)33-26-28-39(29-27-33)50-53-48(37-22-12-4-13-23-37)52-49(54-50)38-24-14-5-15-25-38/h1-32H. The van der Waals surface area contributed by atoms with E-state index in [-0.39, 0.29) is 0 Å². The first-order valence-electron chi connectivity index (χ1n) is 18.3. The Balaban J connectivity index is 1.14. The molecule has 3 aromatic heterocycles. The van der Waals surface area contributed by atoms with Crippen LogP contribution in [0.4, 0.5) is 0 Å². The monoisotopic (exact) mass is 704 g/mol. The Morgan fingerprint density at radius 2 is 0.745 bits per heavy atom. The summed E-state index contributed by atoms with van der Waals surface area (Å²) in [5.41, 5.74) is 11.6. The molecule has 7 aromatic carbocycles. The van der Waals surface area contributed by atoms with Crippen LogP contribution >= 0.6 is 0 Å². The Kier molecular flexibility index (Phi) is 8.08. The second-order valence-corrected chi connectivity index (χ2v) is 13.4. The lowest BCUT2D eigenvalue weighted by Gasteiger charge is -2.11. The minimum Gasteiger partial charge on any atom is -0.453 e. The second kappa shape index (κ2) is 13.8.